The van der Waals surface area contributed by atoms with Crippen molar-refractivity contribution in [2.24, 2.45) is 17.8 Å². The lowest BCUT2D eigenvalue weighted by atomic mass is 9.68. The van der Waals surface area contributed by atoms with E-state index in [0.717, 1.165) is 30.3 Å². The third-order valence-corrected chi connectivity index (χ3v) is 6.92. The standard InChI is InChI=1S/C25H38O/c1-3-5-20-7-11-22(12-8-20)24-15-17-25(18-16-24)23-13-9-21(10-14-23)6-4-19-26-2/h4,6-8,11-12,21,23-25H,3,5,9-10,13-19H2,1-2H3/b6-4+. The molecule has 0 radical (unpaired) electrons. The number of aryl methyl sites for hydroxylation is 1. The van der Waals surface area contributed by atoms with E-state index in [1.54, 1.807) is 12.7 Å². The van der Waals surface area contributed by atoms with Crippen LogP contribution >= 0.6 is 0 Å². The minimum Gasteiger partial charge on any atom is -0.381 e. The number of rotatable bonds is 7. The lowest BCUT2D eigenvalue weighted by molar-refractivity contribution is 0.171. The van der Waals surface area contributed by atoms with Crippen LogP contribution in [0.3, 0.4) is 0 Å². The Hall–Kier alpha value is -1.08. The number of methoxy groups -OCH3 is 1. The Labute approximate surface area is 161 Å². The highest BCUT2D eigenvalue weighted by Crippen LogP contribution is 2.44. The monoisotopic (exact) mass is 354 g/mol. The first-order chi connectivity index (χ1) is 12.8. The number of hydrogen-bond acceptors (Lipinski definition) is 1. The molecule has 0 N–H and O–H groups in total. The van der Waals surface area contributed by atoms with Crippen LogP contribution in [-0.4, -0.2) is 13.7 Å². The van der Waals surface area contributed by atoms with Crippen LogP contribution in [-0.2, 0) is 11.2 Å². The zero-order valence-corrected chi connectivity index (χ0v) is 17.0. The van der Waals surface area contributed by atoms with E-state index in [-0.39, 0.29) is 0 Å². The molecule has 1 aromatic carbocycles. The molecular formula is C25H38O. The van der Waals surface area contributed by atoms with E-state index in [9.17, 15) is 0 Å². The summed E-state index contributed by atoms with van der Waals surface area (Å²) in [6.07, 6.45) is 18.5. The molecule has 26 heavy (non-hydrogen) atoms. The molecule has 1 nitrogen and oxygen atoms in total. The topological polar surface area (TPSA) is 9.23 Å². The highest BCUT2D eigenvalue weighted by molar-refractivity contribution is 5.26. The van der Waals surface area contributed by atoms with Crippen LogP contribution in [0, 0.1) is 17.8 Å². The van der Waals surface area contributed by atoms with E-state index in [2.05, 4.69) is 43.3 Å². The van der Waals surface area contributed by atoms with Gasteiger partial charge in [-0.25, -0.2) is 0 Å². The van der Waals surface area contributed by atoms with Gasteiger partial charge in [-0.15, -0.1) is 0 Å². The van der Waals surface area contributed by atoms with Gasteiger partial charge in [-0.3, -0.25) is 0 Å². The van der Waals surface area contributed by atoms with Crippen molar-refractivity contribution in [1.29, 1.82) is 0 Å². The number of allylic oxidation sites excluding steroid dienone is 1. The van der Waals surface area contributed by atoms with E-state index in [1.807, 2.05) is 0 Å². The molecule has 0 saturated heterocycles. The second-order valence-electron chi connectivity index (χ2n) is 8.66. The van der Waals surface area contributed by atoms with Crippen molar-refractivity contribution >= 4 is 0 Å². The Morgan fingerprint density at radius 1 is 0.885 bits per heavy atom. The van der Waals surface area contributed by atoms with Crippen molar-refractivity contribution in [2.75, 3.05) is 13.7 Å². The van der Waals surface area contributed by atoms with Gasteiger partial charge in [-0.1, -0.05) is 49.8 Å². The number of benzene rings is 1. The highest BCUT2D eigenvalue weighted by atomic mass is 16.5. The van der Waals surface area contributed by atoms with Crippen LogP contribution in [0.15, 0.2) is 36.4 Å². The molecule has 1 aromatic rings. The predicted octanol–water partition coefficient (Wildman–Crippen LogP) is 6.92. The molecule has 1 heteroatoms. The van der Waals surface area contributed by atoms with Gasteiger partial charge in [-0.2, -0.15) is 0 Å². The van der Waals surface area contributed by atoms with Crippen LogP contribution in [0.2, 0.25) is 0 Å². The largest absolute Gasteiger partial charge is 0.381 e. The average Bonchev–Trinajstić information content (AvgIpc) is 2.70. The third-order valence-electron chi connectivity index (χ3n) is 6.92. The number of hydrogen-bond donors (Lipinski definition) is 0. The Kier molecular flexibility index (Phi) is 7.80. The molecule has 2 saturated carbocycles. The quantitative estimate of drug-likeness (QED) is 0.483. The Morgan fingerprint density at radius 2 is 1.50 bits per heavy atom. The van der Waals surface area contributed by atoms with Gasteiger partial charge < -0.3 is 4.74 Å². The highest BCUT2D eigenvalue weighted by Gasteiger charge is 2.30. The fourth-order valence-corrected chi connectivity index (χ4v) is 5.32. The van der Waals surface area contributed by atoms with E-state index in [4.69, 9.17) is 4.74 Å². The van der Waals surface area contributed by atoms with Crippen LogP contribution < -0.4 is 0 Å². The summed E-state index contributed by atoms with van der Waals surface area (Å²) in [6.45, 7) is 3.03. The number of ether oxygens (including phenoxy) is 1. The van der Waals surface area contributed by atoms with Gasteiger partial charge in [0.1, 0.15) is 0 Å². The molecule has 0 spiro atoms. The summed E-state index contributed by atoms with van der Waals surface area (Å²) in [5, 5.41) is 0. The summed E-state index contributed by atoms with van der Waals surface area (Å²) in [7, 11) is 1.77. The van der Waals surface area contributed by atoms with E-state index < -0.39 is 0 Å². The normalized spacial score (nSPS) is 29.9. The smallest absolute Gasteiger partial charge is 0.0643 e. The third kappa shape index (κ3) is 5.46. The van der Waals surface area contributed by atoms with Crippen molar-refractivity contribution in [3.63, 3.8) is 0 Å². The summed E-state index contributed by atoms with van der Waals surface area (Å²) < 4.78 is 5.13. The second kappa shape index (κ2) is 10.3. The zero-order valence-electron chi connectivity index (χ0n) is 17.0. The summed E-state index contributed by atoms with van der Waals surface area (Å²) in [5.74, 6) is 3.61. The first kappa shape index (κ1) is 19.7. The van der Waals surface area contributed by atoms with Crippen LogP contribution in [0.1, 0.15) is 81.8 Å². The first-order valence-electron chi connectivity index (χ1n) is 11.0. The fourth-order valence-electron chi connectivity index (χ4n) is 5.32. The zero-order chi connectivity index (χ0) is 18.2. The van der Waals surface area contributed by atoms with Gasteiger partial charge in [-0.05, 0) is 92.6 Å². The van der Waals surface area contributed by atoms with Crippen LogP contribution in [0.4, 0.5) is 0 Å². The minimum atomic E-state index is 0.767. The molecule has 3 rings (SSSR count). The molecule has 2 aliphatic carbocycles. The molecule has 0 bridgehead atoms. The molecule has 0 aliphatic heterocycles. The van der Waals surface area contributed by atoms with Crippen molar-refractivity contribution in [2.45, 2.75) is 77.0 Å². The lowest BCUT2D eigenvalue weighted by Crippen LogP contribution is -2.25. The van der Waals surface area contributed by atoms with Crippen LogP contribution in [0.25, 0.3) is 0 Å². The molecule has 2 fully saturated rings. The van der Waals surface area contributed by atoms with E-state index >= 15 is 0 Å². The van der Waals surface area contributed by atoms with Crippen molar-refractivity contribution in [3.05, 3.63) is 47.5 Å². The van der Waals surface area contributed by atoms with Gasteiger partial charge in [0.05, 0.1) is 6.61 Å². The summed E-state index contributed by atoms with van der Waals surface area (Å²) in [5.41, 5.74) is 3.09. The molecule has 0 aromatic heterocycles. The van der Waals surface area contributed by atoms with Crippen molar-refractivity contribution < 1.29 is 4.74 Å². The second-order valence-corrected chi connectivity index (χ2v) is 8.66. The Morgan fingerprint density at radius 3 is 2.08 bits per heavy atom. The molecule has 0 unspecified atom stereocenters. The van der Waals surface area contributed by atoms with Crippen molar-refractivity contribution in [3.8, 4) is 0 Å². The van der Waals surface area contributed by atoms with Gasteiger partial charge >= 0.3 is 0 Å². The molecule has 0 atom stereocenters. The van der Waals surface area contributed by atoms with E-state index in [0.29, 0.717) is 0 Å². The molecule has 2 aliphatic rings. The Balaban J connectivity index is 1.42. The first-order valence-corrected chi connectivity index (χ1v) is 11.0. The SMILES string of the molecule is CCCc1ccc(C2CCC(C3CCC(/C=C/COC)CC3)CC2)cc1. The maximum absolute atomic E-state index is 5.13. The summed E-state index contributed by atoms with van der Waals surface area (Å²) in [6, 6.07) is 9.55. The maximum atomic E-state index is 5.13. The average molecular weight is 355 g/mol. The molecule has 0 heterocycles. The molecule has 144 valence electrons. The summed E-state index contributed by atoms with van der Waals surface area (Å²) in [4.78, 5) is 0. The van der Waals surface area contributed by atoms with Crippen LogP contribution in [0.5, 0.6) is 0 Å². The van der Waals surface area contributed by atoms with Gasteiger partial charge in [0.25, 0.3) is 0 Å². The maximum Gasteiger partial charge on any atom is 0.0643 e. The van der Waals surface area contributed by atoms with E-state index in [1.165, 1.54) is 69.8 Å². The molecular weight excluding hydrogens is 316 g/mol. The minimum absolute atomic E-state index is 0.767. The fraction of sp³-hybridized carbons (Fsp3) is 0.680. The summed E-state index contributed by atoms with van der Waals surface area (Å²) >= 11 is 0. The van der Waals surface area contributed by atoms with Gasteiger partial charge in [0.15, 0.2) is 0 Å². The lowest BCUT2D eigenvalue weighted by Gasteiger charge is -2.37. The molecule has 0 amide bonds. The van der Waals surface area contributed by atoms with Gasteiger partial charge in [0.2, 0.25) is 0 Å². The van der Waals surface area contributed by atoms with Crippen molar-refractivity contribution in [1.82, 2.24) is 0 Å². The van der Waals surface area contributed by atoms with Gasteiger partial charge in [0, 0.05) is 7.11 Å². The Bertz CT molecular complexity index is 528. The predicted molar refractivity (Wildman–Crippen MR) is 112 cm³/mol.